The first kappa shape index (κ1) is 15.0. The number of carboxylic acids is 1. The van der Waals surface area contributed by atoms with Crippen LogP contribution in [0.15, 0.2) is 0 Å². The second-order valence-electron chi connectivity index (χ2n) is 5.19. The van der Waals surface area contributed by atoms with Crippen molar-refractivity contribution in [2.24, 2.45) is 5.41 Å². The number of carbonyl (C=O) groups excluding carboxylic acids is 1. The zero-order chi connectivity index (χ0) is 13.6. The molecule has 1 aliphatic carbocycles. The Balaban J connectivity index is 2.52. The Kier molecular flexibility index (Phi) is 5.59. The summed E-state index contributed by atoms with van der Waals surface area (Å²) in [5.74, 6) is -0.866. The molecule has 0 spiro atoms. The normalized spacial score (nSPS) is 27.8. The van der Waals surface area contributed by atoms with Crippen molar-refractivity contribution in [3.63, 3.8) is 0 Å². The molecular formula is C13H24N2O3. The quantitative estimate of drug-likeness (QED) is 0.623. The lowest BCUT2D eigenvalue weighted by molar-refractivity contribution is -0.152. The van der Waals surface area contributed by atoms with E-state index in [1.807, 2.05) is 6.92 Å². The van der Waals surface area contributed by atoms with Crippen molar-refractivity contribution in [1.82, 2.24) is 10.6 Å². The highest BCUT2D eigenvalue weighted by atomic mass is 16.4. The van der Waals surface area contributed by atoms with Gasteiger partial charge in [-0.3, -0.25) is 9.59 Å². The van der Waals surface area contributed by atoms with E-state index in [1.165, 1.54) is 0 Å². The molecule has 1 fully saturated rings. The maximum Gasteiger partial charge on any atom is 0.311 e. The second-order valence-corrected chi connectivity index (χ2v) is 5.19. The fraction of sp³-hybridized carbons (Fsp3) is 0.846. The van der Waals surface area contributed by atoms with Crippen molar-refractivity contribution in [1.29, 1.82) is 0 Å². The summed E-state index contributed by atoms with van der Waals surface area (Å²) in [6, 6.07) is -0.238. The molecule has 1 saturated carbocycles. The van der Waals surface area contributed by atoms with Gasteiger partial charge in [-0.25, -0.2) is 0 Å². The zero-order valence-electron chi connectivity index (χ0n) is 11.3. The van der Waals surface area contributed by atoms with Gasteiger partial charge in [0.25, 0.3) is 0 Å². The summed E-state index contributed by atoms with van der Waals surface area (Å²) in [6.07, 6.45) is 3.71. The number of amides is 1. The summed E-state index contributed by atoms with van der Waals surface area (Å²) in [4.78, 5) is 23.1. The van der Waals surface area contributed by atoms with Gasteiger partial charge in [0.1, 0.15) is 0 Å². The minimum absolute atomic E-state index is 0.0599. The average molecular weight is 256 g/mol. The molecule has 18 heavy (non-hydrogen) atoms. The maximum absolute atomic E-state index is 11.8. The summed E-state index contributed by atoms with van der Waals surface area (Å²) >= 11 is 0. The Hall–Kier alpha value is -1.10. The van der Waals surface area contributed by atoms with Gasteiger partial charge in [-0.05, 0) is 26.3 Å². The Labute approximate surface area is 108 Å². The van der Waals surface area contributed by atoms with Crippen LogP contribution in [0.5, 0.6) is 0 Å². The monoisotopic (exact) mass is 256 g/mol. The van der Waals surface area contributed by atoms with E-state index in [2.05, 4.69) is 10.6 Å². The first-order valence-corrected chi connectivity index (χ1v) is 6.74. The lowest BCUT2D eigenvalue weighted by Crippen LogP contribution is -2.52. The Morgan fingerprint density at radius 3 is 2.72 bits per heavy atom. The van der Waals surface area contributed by atoms with Crippen molar-refractivity contribution >= 4 is 11.9 Å². The summed E-state index contributed by atoms with van der Waals surface area (Å²) in [5.41, 5.74) is -0.813. The molecule has 5 heteroatoms. The molecule has 1 amide bonds. The van der Waals surface area contributed by atoms with E-state index in [0.717, 1.165) is 25.8 Å². The second kappa shape index (κ2) is 6.73. The van der Waals surface area contributed by atoms with E-state index in [9.17, 15) is 14.7 Å². The Morgan fingerprint density at radius 2 is 2.11 bits per heavy atom. The van der Waals surface area contributed by atoms with Gasteiger partial charge < -0.3 is 15.7 Å². The molecule has 0 aliphatic heterocycles. The van der Waals surface area contributed by atoms with E-state index in [1.54, 1.807) is 6.92 Å². The van der Waals surface area contributed by atoms with Crippen molar-refractivity contribution in [3.05, 3.63) is 0 Å². The highest BCUT2D eigenvalue weighted by Crippen LogP contribution is 2.36. The van der Waals surface area contributed by atoms with Crippen LogP contribution >= 0.6 is 0 Å². The highest BCUT2D eigenvalue weighted by Gasteiger charge is 2.43. The van der Waals surface area contributed by atoms with Gasteiger partial charge in [0.2, 0.25) is 5.91 Å². The number of hydrogen-bond donors (Lipinski definition) is 3. The lowest BCUT2D eigenvalue weighted by atomic mass is 9.71. The van der Waals surface area contributed by atoms with Gasteiger partial charge in [-0.1, -0.05) is 19.8 Å². The number of hydrogen-bond acceptors (Lipinski definition) is 3. The van der Waals surface area contributed by atoms with Crippen molar-refractivity contribution in [2.45, 2.75) is 52.0 Å². The largest absolute Gasteiger partial charge is 0.481 e. The number of carboxylic acid groups (broad SMARTS) is 1. The van der Waals surface area contributed by atoms with E-state index in [0.29, 0.717) is 19.4 Å². The molecule has 0 radical (unpaired) electrons. The van der Waals surface area contributed by atoms with Crippen LogP contribution in [0, 0.1) is 5.41 Å². The number of carbonyl (C=O) groups is 2. The molecule has 1 rings (SSSR count). The summed E-state index contributed by atoms with van der Waals surface area (Å²) in [5, 5.41) is 15.3. The number of nitrogens with one attached hydrogen (secondary N) is 2. The van der Waals surface area contributed by atoms with Crippen molar-refractivity contribution in [2.75, 3.05) is 13.1 Å². The third-order valence-corrected chi connectivity index (χ3v) is 3.81. The summed E-state index contributed by atoms with van der Waals surface area (Å²) in [7, 11) is 0. The van der Waals surface area contributed by atoms with Crippen molar-refractivity contribution < 1.29 is 14.7 Å². The van der Waals surface area contributed by atoms with Crippen molar-refractivity contribution in [3.8, 4) is 0 Å². The lowest BCUT2D eigenvalue weighted by Gasteiger charge is -2.38. The van der Waals surface area contributed by atoms with Gasteiger partial charge >= 0.3 is 5.97 Å². The Morgan fingerprint density at radius 1 is 1.39 bits per heavy atom. The van der Waals surface area contributed by atoms with Crippen LogP contribution in [0.2, 0.25) is 0 Å². The maximum atomic E-state index is 11.8. The molecule has 2 unspecified atom stereocenters. The van der Waals surface area contributed by atoms with Gasteiger partial charge in [0, 0.05) is 19.0 Å². The van der Waals surface area contributed by atoms with E-state index >= 15 is 0 Å². The third kappa shape index (κ3) is 3.70. The molecule has 0 aromatic heterocycles. The van der Waals surface area contributed by atoms with Crippen LogP contribution in [0.3, 0.4) is 0 Å². The van der Waals surface area contributed by atoms with Crippen LogP contribution in [0.1, 0.15) is 46.0 Å². The molecule has 0 saturated heterocycles. The first-order valence-electron chi connectivity index (χ1n) is 6.74. The molecule has 0 heterocycles. The van der Waals surface area contributed by atoms with Gasteiger partial charge in [0.05, 0.1) is 5.41 Å². The molecule has 3 N–H and O–H groups in total. The molecule has 2 atom stereocenters. The van der Waals surface area contributed by atoms with Crippen LogP contribution in [0.25, 0.3) is 0 Å². The van der Waals surface area contributed by atoms with Crippen LogP contribution < -0.4 is 10.6 Å². The predicted octanol–water partition coefficient (Wildman–Crippen LogP) is 1.14. The third-order valence-electron chi connectivity index (χ3n) is 3.81. The van der Waals surface area contributed by atoms with E-state index < -0.39 is 11.4 Å². The van der Waals surface area contributed by atoms with Crippen LogP contribution in [-0.2, 0) is 9.59 Å². The molecule has 0 aromatic rings. The van der Waals surface area contributed by atoms with Crippen LogP contribution in [-0.4, -0.2) is 36.1 Å². The molecule has 0 bridgehead atoms. The fourth-order valence-corrected chi connectivity index (χ4v) is 2.47. The smallest absolute Gasteiger partial charge is 0.311 e. The minimum atomic E-state index is -0.813. The number of aliphatic carboxylic acids is 1. The number of rotatable bonds is 6. The van der Waals surface area contributed by atoms with Gasteiger partial charge in [-0.15, -0.1) is 0 Å². The van der Waals surface area contributed by atoms with Gasteiger partial charge in [-0.2, -0.15) is 0 Å². The molecule has 0 aromatic carbocycles. The molecule has 104 valence electrons. The molecule has 5 nitrogen and oxygen atoms in total. The summed E-state index contributed by atoms with van der Waals surface area (Å²) < 4.78 is 0. The standard InChI is InChI=1S/C13H24N2O3/c1-3-14-9-7-11(16)15-10-6-4-5-8-13(10,2)12(17)18/h10,14H,3-9H2,1-2H3,(H,15,16)(H,17,18). The SMILES string of the molecule is CCNCCC(=O)NC1CCCCC1(C)C(=O)O. The Bertz CT molecular complexity index is 307. The molecule has 1 aliphatic rings. The average Bonchev–Trinajstić information content (AvgIpc) is 2.32. The summed E-state index contributed by atoms with van der Waals surface area (Å²) in [6.45, 7) is 5.20. The minimum Gasteiger partial charge on any atom is -0.481 e. The van der Waals surface area contributed by atoms with Crippen LogP contribution in [0.4, 0.5) is 0 Å². The van der Waals surface area contributed by atoms with E-state index in [4.69, 9.17) is 0 Å². The topological polar surface area (TPSA) is 78.4 Å². The zero-order valence-corrected chi connectivity index (χ0v) is 11.3. The first-order chi connectivity index (χ1) is 8.50. The van der Waals surface area contributed by atoms with Gasteiger partial charge in [0.15, 0.2) is 0 Å². The molecular weight excluding hydrogens is 232 g/mol. The van der Waals surface area contributed by atoms with E-state index in [-0.39, 0.29) is 11.9 Å². The fourth-order valence-electron chi connectivity index (χ4n) is 2.47. The predicted molar refractivity (Wildman–Crippen MR) is 69.3 cm³/mol. The highest BCUT2D eigenvalue weighted by molar-refractivity contribution is 5.80.